The Bertz CT molecular complexity index is 56.8. The van der Waals surface area contributed by atoms with Gasteiger partial charge in [0.05, 0.1) is 6.10 Å². The van der Waals surface area contributed by atoms with Gasteiger partial charge in [-0.1, -0.05) is 0 Å². The average Bonchev–Trinajstić information content (AvgIpc) is 2.19. The van der Waals surface area contributed by atoms with Gasteiger partial charge in [-0.05, 0) is 0 Å². The van der Waals surface area contributed by atoms with Crippen molar-refractivity contribution in [2.75, 3.05) is 0 Å². The van der Waals surface area contributed by atoms with Gasteiger partial charge in [0.15, 0.2) is 0 Å². The number of hydrogen-bond acceptors (Lipinski definition) is 1. The van der Waals surface area contributed by atoms with Crippen LogP contribution in [0.5, 0.6) is 0 Å². The number of hydrogen-bond donors (Lipinski definition) is 0. The molecule has 1 rings (SSSR count). The number of halogens is 1. The smallest absolute Gasteiger partial charge is 0.129 e. The molecule has 0 aromatic rings. The summed E-state index contributed by atoms with van der Waals surface area (Å²) in [5.74, 6) is 0. The summed E-state index contributed by atoms with van der Waals surface area (Å²) in [6.45, 7) is 0. The summed E-state index contributed by atoms with van der Waals surface area (Å²) in [6.07, 6.45) is -0.193. The van der Waals surface area contributed by atoms with Crippen molar-refractivity contribution < 1.29 is 8.91 Å². The van der Waals surface area contributed by atoms with Crippen LogP contribution in [0.4, 0.5) is 4.39 Å². The van der Waals surface area contributed by atoms with Gasteiger partial charge in [0.25, 0.3) is 0 Å². The fourth-order valence-electron chi connectivity index (χ4n) is 0.284. The van der Waals surface area contributed by atoms with E-state index in [0.717, 1.165) is 0 Å². The zero-order chi connectivity index (χ0) is 4.57. The van der Waals surface area contributed by atoms with Gasteiger partial charge in [-0.3, -0.25) is 0 Å². The molecule has 0 N–H and O–H groups in total. The summed E-state index contributed by atoms with van der Waals surface area (Å²) in [6, 6.07) is 0. The Hall–Kier alpha value is 0.320. The van der Waals surface area contributed by atoms with Crippen LogP contribution in [0.1, 0.15) is 6.42 Å². The molecule has 3 heteroatoms. The van der Waals surface area contributed by atoms with Gasteiger partial charge in [0, 0.05) is 15.9 Å². The molecule has 1 fully saturated rings. The van der Waals surface area contributed by atoms with E-state index in [1.807, 2.05) is 9.47 Å². The highest BCUT2D eigenvalue weighted by Gasteiger charge is 2.37. The van der Waals surface area contributed by atoms with Gasteiger partial charge in [-0.15, -0.1) is 0 Å². The van der Waals surface area contributed by atoms with Crippen LogP contribution < -0.4 is 0 Å². The van der Waals surface area contributed by atoms with Crippen molar-refractivity contribution in [1.29, 1.82) is 0 Å². The zero-order valence-corrected chi connectivity index (χ0v) is 4.38. The van der Waals surface area contributed by atoms with E-state index in [-0.39, 0.29) is 6.10 Å². The lowest BCUT2D eigenvalue weighted by Gasteiger charge is -1.82. The molecule has 0 aromatic carbocycles. The summed E-state index contributed by atoms with van der Waals surface area (Å²) >= 11 is 0. The standard InChI is InChI=1S/C3H6FOP/c4-2-1-3(2)5-6/h2-3H,1,6H2/t2-,3-/m1/s1. The van der Waals surface area contributed by atoms with Crippen molar-refractivity contribution in [3.63, 3.8) is 0 Å². The van der Waals surface area contributed by atoms with Crippen LogP contribution in [0.3, 0.4) is 0 Å². The van der Waals surface area contributed by atoms with Gasteiger partial charge in [0.2, 0.25) is 0 Å². The van der Waals surface area contributed by atoms with Crippen molar-refractivity contribution in [3.8, 4) is 0 Å². The first-order valence-electron chi connectivity index (χ1n) is 1.84. The normalized spacial score (nSPS) is 43.0. The molecule has 36 valence electrons. The second-order valence-electron chi connectivity index (χ2n) is 1.43. The molecule has 0 bridgehead atoms. The van der Waals surface area contributed by atoms with Gasteiger partial charge in [0.1, 0.15) is 6.17 Å². The lowest BCUT2D eigenvalue weighted by atomic mass is 10.8. The molecule has 1 saturated carbocycles. The lowest BCUT2D eigenvalue weighted by Crippen LogP contribution is -1.81. The fourth-order valence-corrected chi connectivity index (χ4v) is 0.566. The lowest BCUT2D eigenvalue weighted by molar-refractivity contribution is 0.300. The zero-order valence-electron chi connectivity index (χ0n) is 3.23. The topological polar surface area (TPSA) is 9.23 Å². The van der Waals surface area contributed by atoms with E-state index in [0.29, 0.717) is 6.42 Å². The molecule has 1 unspecified atom stereocenters. The summed E-state index contributed by atoms with van der Waals surface area (Å²) in [5.41, 5.74) is 0. The van der Waals surface area contributed by atoms with Crippen LogP contribution in [0.15, 0.2) is 0 Å². The van der Waals surface area contributed by atoms with Crippen LogP contribution in [-0.4, -0.2) is 12.3 Å². The Balaban J connectivity index is 2.09. The maximum Gasteiger partial charge on any atom is 0.129 e. The Morgan fingerprint density at radius 1 is 1.83 bits per heavy atom. The highest BCUT2D eigenvalue weighted by Crippen LogP contribution is 2.30. The molecule has 6 heavy (non-hydrogen) atoms. The molecule has 3 atom stereocenters. The molecule has 1 nitrogen and oxygen atoms in total. The minimum absolute atomic E-state index is 0.102. The third-order valence-electron chi connectivity index (χ3n) is 0.833. The fraction of sp³-hybridized carbons (Fsp3) is 1.00. The monoisotopic (exact) mass is 108 g/mol. The van der Waals surface area contributed by atoms with Crippen molar-refractivity contribution in [1.82, 2.24) is 0 Å². The SMILES string of the molecule is F[C@@H]1C[C@H]1OP. The average molecular weight is 108 g/mol. The maximum absolute atomic E-state index is 11.6. The first-order chi connectivity index (χ1) is 2.84. The van der Waals surface area contributed by atoms with Crippen molar-refractivity contribution in [3.05, 3.63) is 0 Å². The molecule has 0 heterocycles. The second-order valence-corrected chi connectivity index (χ2v) is 1.70. The van der Waals surface area contributed by atoms with Gasteiger partial charge < -0.3 is 4.52 Å². The van der Waals surface area contributed by atoms with Crippen molar-refractivity contribution in [2.45, 2.75) is 18.7 Å². The van der Waals surface area contributed by atoms with Crippen LogP contribution >= 0.6 is 9.47 Å². The van der Waals surface area contributed by atoms with E-state index < -0.39 is 6.17 Å². The minimum atomic E-state index is -0.678. The van der Waals surface area contributed by atoms with Gasteiger partial charge in [-0.2, -0.15) is 0 Å². The largest absolute Gasteiger partial charge is 0.359 e. The third kappa shape index (κ3) is 0.688. The molecule has 1 aliphatic carbocycles. The van der Waals surface area contributed by atoms with Crippen molar-refractivity contribution in [2.24, 2.45) is 0 Å². The predicted octanol–water partition coefficient (Wildman–Crippen LogP) is 0.903. The summed E-state index contributed by atoms with van der Waals surface area (Å²) in [7, 11) is 2.04. The second kappa shape index (κ2) is 1.43. The quantitative estimate of drug-likeness (QED) is 0.453. The molecule has 0 saturated heterocycles. The maximum atomic E-state index is 11.6. The van der Waals surface area contributed by atoms with E-state index in [1.165, 1.54) is 0 Å². The van der Waals surface area contributed by atoms with Crippen LogP contribution in [0, 0.1) is 0 Å². The van der Waals surface area contributed by atoms with E-state index in [1.54, 1.807) is 0 Å². The molecule has 1 aliphatic rings. The van der Waals surface area contributed by atoms with Crippen molar-refractivity contribution >= 4 is 9.47 Å². The molecule has 0 aliphatic heterocycles. The molecule has 0 spiro atoms. The van der Waals surface area contributed by atoms with Crippen LogP contribution in [0.2, 0.25) is 0 Å². The Morgan fingerprint density at radius 3 is 2.33 bits per heavy atom. The summed E-state index contributed by atoms with van der Waals surface area (Å²) in [4.78, 5) is 0. The Labute approximate surface area is 38.2 Å². The first kappa shape index (κ1) is 4.48. The van der Waals surface area contributed by atoms with Crippen LogP contribution in [-0.2, 0) is 4.52 Å². The van der Waals surface area contributed by atoms with Crippen LogP contribution in [0.25, 0.3) is 0 Å². The predicted molar refractivity (Wildman–Crippen MR) is 24.1 cm³/mol. The molecule has 0 amide bonds. The number of rotatable bonds is 1. The summed E-state index contributed by atoms with van der Waals surface area (Å²) < 4.78 is 16.2. The molecule has 0 aromatic heterocycles. The van der Waals surface area contributed by atoms with Gasteiger partial charge in [-0.25, -0.2) is 4.39 Å². The summed E-state index contributed by atoms with van der Waals surface area (Å²) in [5, 5.41) is 0. The Kier molecular flexibility index (Phi) is 1.07. The van der Waals surface area contributed by atoms with E-state index in [9.17, 15) is 4.39 Å². The third-order valence-corrected chi connectivity index (χ3v) is 1.18. The van der Waals surface area contributed by atoms with E-state index >= 15 is 0 Å². The Morgan fingerprint density at radius 2 is 2.33 bits per heavy atom. The molecular formula is C3H6FOP. The highest BCUT2D eigenvalue weighted by molar-refractivity contribution is 7.09. The first-order valence-corrected chi connectivity index (χ1v) is 2.31. The van der Waals surface area contributed by atoms with E-state index in [2.05, 4.69) is 4.52 Å². The highest BCUT2D eigenvalue weighted by atomic mass is 31.0. The minimum Gasteiger partial charge on any atom is -0.359 e. The van der Waals surface area contributed by atoms with Gasteiger partial charge >= 0.3 is 0 Å². The molecule has 0 radical (unpaired) electrons. The number of alkyl halides is 1. The molecular weight excluding hydrogens is 102 g/mol. The van der Waals surface area contributed by atoms with E-state index in [4.69, 9.17) is 0 Å².